The summed E-state index contributed by atoms with van der Waals surface area (Å²) in [6, 6.07) is 16.3. The highest BCUT2D eigenvalue weighted by Gasteiger charge is 2.28. The van der Waals surface area contributed by atoms with Gasteiger partial charge < -0.3 is 4.90 Å². The lowest BCUT2D eigenvalue weighted by atomic mass is 9.86. The van der Waals surface area contributed by atoms with Gasteiger partial charge in [0.2, 0.25) is 0 Å². The summed E-state index contributed by atoms with van der Waals surface area (Å²) in [5.74, 6) is 0. The first-order valence-electron chi connectivity index (χ1n) is 9.03. The maximum absolute atomic E-state index is 11.0. The monoisotopic (exact) mass is 337 g/mol. The Balaban J connectivity index is 1.46. The molecule has 25 heavy (non-hydrogen) atoms. The van der Waals surface area contributed by atoms with Gasteiger partial charge in [0.15, 0.2) is 0 Å². The second kappa shape index (κ2) is 6.84. The molecule has 1 fully saturated rings. The molecule has 4 rings (SSSR count). The fourth-order valence-corrected chi connectivity index (χ4v) is 4.20. The Morgan fingerprint density at radius 2 is 1.80 bits per heavy atom. The molecule has 2 aromatic carbocycles. The average molecular weight is 337 g/mol. The third-order valence-electron chi connectivity index (χ3n) is 5.50. The number of hydrogen-bond donors (Lipinski definition) is 0. The van der Waals surface area contributed by atoms with Crippen molar-refractivity contribution < 1.29 is 4.92 Å². The zero-order valence-corrected chi connectivity index (χ0v) is 14.3. The second-order valence-corrected chi connectivity index (χ2v) is 6.91. The minimum Gasteiger partial charge on any atom is -0.369 e. The highest BCUT2D eigenvalue weighted by Crippen LogP contribution is 2.35. The highest BCUT2D eigenvalue weighted by molar-refractivity contribution is 5.53. The van der Waals surface area contributed by atoms with Gasteiger partial charge in [-0.2, -0.15) is 0 Å². The number of piperazine rings is 1. The van der Waals surface area contributed by atoms with Gasteiger partial charge in [0.05, 0.1) is 4.92 Å². The largest absolute Gasteiger partial charge is 0.369 e. The minimum absolute atomic E-state index is 0.168. The van der Waals surface area contributed by atoms with Gasteiger partial charge in [-0.25, -0.2) is 0 Å². The van der Waals surface area contributed by atoms with Crippen molar-refractivity contribution in [1.29, 1.82) is 0 Å². The maximum atomic E-state index is 11.0. The molecular formula is C20H23N3O2. The minimum atomic E-state index is -0.321. The second-order valence-electron chi connectivity index (χ2n) is 6.91. The van der Waals surface area contributed by atoms with Gasteiger partial charge in [-0.1, -0.05) is 30.3 Å². The standard InChI is InChI=1S/C20H23N3O2/c24-23(25)18-8-4-7-17(15-18)21-11-13-22(14-12-21)20-10-3-6-16-5-1-2-9-19(16)20/h1-2,4-5,7-9,15,20H,3,6,10-14H2/t20-/m0/s1. The van der Waals surface area contributed by atoms with Crippen molar-refractivity contribution in [2.24, 2.45) is 0 Å². The van der Waals surface area contributed by atoms with E-state index in [-0.39, 0.29) is 10.6 Å². The Bertz CT molecular complexity index is 769. The molecule has 0 unspecified atom stereocenters. The summed E-state index contributed by atoms with van der Waals surface area (Å²) in [5.41, 5.74) is 4.12. The van der Waals surface area contributed by atoms with Gasteiger partial charge in [0.1, 0.15) is 0 Å². The third kappa shape index (κ3) is 3.24. The molecule has 0 aromatic heterocycles. The Hall–Kier alpha value is -2.40. The predicted molar refractivity (Wildman–Crippen MR) is 99.0 cm³/mol. The van der Waals surface area contributed by atoms with E-state index in [4.69, 9.17) is 0 Å². The summed E-state index contributed by atoms with van der Waals surface area (Å²) in [7, 11) is 0. The third-order valence-corrected chi connectivity index (χ3v) is 5.50. The van der Waals surface area contributed by atoms with Crippen molar-refractivity contribution >= 4 is 11.4 Å². The first-order valence-corrected chi connectivity index (χ1v) is 9.03. The van der Waals surface area contributed by atoms with Crippen molar-refractivity contribution in [3.8, 4) is 0 Å². The number of fused-ring (bicyclic) bond motifs is 1. The zero-order chi connectivity index (χ0) is 17.2. The Kier molecular flexibility index (Phi) is 4.40. The Morgan fingerprint density at radius 1 is 1.00 bits per heavy atom. The molecule has 1 heterocycles. The van der Waals surface area contributed by atoms with E-state index in [2.05, 4.69) is 34.1 Å². The molecule has 2 aliphatic rings. The van der Waals surface area contributed by atoms with Gasteiger partial charge in [0.25, 0.3) is 5.69 Å². The number of aryl methyl sites for hydroxylation is 1. The first kappa shape index (κ1) is 16.1. The molecule has 1 saturated heterocycles. The molecule has 0 saturated carbocycles. The van der Waals surface area contributed by atoms with Crippen LogP contribution >= 0.6 is 0 Å². The molecule has 1 atom stereocenters. The number of hydrogen-bond acceptors (Lipinski definition) is 4. The first-order chi connectivity index (χ1) is 12.2. The molecule has 5 nitrogen and oxygen atoms in total. The molecule has 1 aliphatic carbocycles. The molecule has 5 heteroatoms. The van der Waals surface area contributed by atoms with E-state index in [1.165, 1.54) is 30.4 Å². The molecular weight excluding hydrogens is 314 g/mol. The van der Waals surface area contributed by atoms with Crippen LogP contribution in [-0.4, -0.2) is 36.0 Å². The summed E-state index contributed by atoms with van der Waals surface area (Å²) >= 11 is 0. The van der Waals surface area contributed by atoms with Crippen molar-refractivity contribution in [2.75, 3.05) is 31.1 Å². The van der Waals surface area contributed by atoms with Crippen LogP contribution in [0.25, 0.3) is 0 Å². The van der Waals surface area contributed by atoms with Gasteiger partial charge in [0, 0.05) is 50.0 Å². The number of nitrogens with zero attached hydrogens (tertiary/aromatic N) is 3. The zero-order valence-electron chi connectivity index (χ0n) is 14.3. The van der Waals surface area contributed by atoms with Crippen LogP contribution in [-0.2, 0) is 6.42 Å². The van der Waals surface area contributed by atoms with E-state index in [0.29, 0.717) is 6.04 Å². The van der Waals surface area contributed by atoms with Gasteiger partial charge in [-0.3, -0.25) is 15.0 Å². The van der Waals surface area contributed by atoms with Crippen molar-refractivity contribution in [3.63, 3.8) is 0 Å². The summed E-state index contributed by atoms with van der Waals surface area (Å²) in [6.07, 6.45) is 3.68. The normalized spacial score (nSPS) is 21.0. The van der Waals surface area contributed by atoms with Gasteiger partial charge in [-0.15, -0.1) is 0 Å². The Morgan fingerprint density at radius 3 is 2.60 bits per heavy atom. The highest BCUT2D eigenvalue weighted by atomic mass is 16.6. The van der Waals surface area contributed by atoms with Crippen LogP contribution in [0, 0.1) is 10.1 Å². The topological polar surface area (TPSA) is 49.6 Å². The number of non-ortho nitro benzene ring substituents is 1. The SMILES string of the molecule is O=[N+]([O-])c1cccc(N2CCN([C@H]3CCCc4ccccc43)CC2)c1. The van der Waals surface area contributed by atoms with E-state index in [0.717, 1.165) is 31.9 Å². The molecule has 0 spiro atoms. The number of nitro groups is 1. The summed E-state index contributed by atoms with van der Waals surface area (Å²) in [6.45, 7) is 3.84. The van der Waals surface area contributed by atoms with Crippen LogP contribution in [0.15, 0.2) is 48.5 Å². The van der Waals surface area contributed by atoms with Crippen molar-refractivity contribution in [3.05, 3.63) is 69.8 Å². The van der Waals surface area contributed by atoms with E-state index < -0.39 is 0 Å². The van der Waals surface area contributed by atoms with Crippen molar-refractivity contribution in [1.82, 2.24) is 4.90 Å². The maximum Gasteiger partial charge on any atom is 0.271 e. The van der Waals surface area contributed by atoms with E-state index in [1.54, 1.807) is 18.2 Å². The van der Waals surface area contributed by atoms with Crippen molar-refractivity contribution in [2.45, 2.75) is 25.3 Å². The quantitative estimate of drug-likeness (QED) is 0.631. The number of benzene rings is 2. The molecule has 130 valence electrons. The van der Waals surface area contributed by atoms with E-state index >= 15 is 0 Å². The van der Waals surface area contributed by atoms with Gasteiger partial charge >= 0.3 is 0 Å². The van der Waals surface area contributed by atoms with Gasteiger partial charge in [-0.05, 0) is 36.5 Å². The van der Waals surface area contributed by atoms with Crippen LogP contribution in [0.1, 0.15) is 30.0 Å². The number of nitro benzene ring substituents is 1. The predicted octanol–water partition coefficient (Wildman–Crippen LogP) is 3.79. The van der Waals surface area contributed by atoms with E-state index in [9.17, 15) is 10.1 Å². The summed E-state index contributed by atoms with van der Waals surface area (Å²) in [4.78, 5) is 15.5. The number of anilines is 1. The molecule has 0 amide bonds. The fourth-order valence-electron chi connectivity index (χ4n) is 4.20. The van der Waals surface area contributed by atoms with E-state index in [1.807, 2.05) is 6.07 Å². The van der Waals surface area contributed by atoms with Crippen LogP contribution in [0.4, 0.5) is 11.4 Å². The molecule has 0 N–H and O–H groups in total. The summed E-state index contributed by atoms with van der Waals surface area (Å²) < 4.78 is 0. The molecule has 0 bridgehead atoms. The smallest absolute Gasteiger partial charge is 0.271 e. The molecule has 0 radical (unpaired) electrons. The molecule has 1 aliphatic heterocycles. The van der Waals surface area contributed by atoms with Crippen LogP contribution in [0.3, 0.4) is 0 Å². The number of rotatable bonds is 3. The molecule has 2 aromatic rings. The van der Waals surface area contributed by atoms with Crippen LogP contribution in [0.5, 0.6) is 0 Å². The Labute approximate surface area is 148 Å². The lowest BCUT2D eigenvalue weighted by Gasteiger charge is -2.42. The fraction of sp³-hybridized carbons (Fsp3) is 0.400. The van der Waals surface area contributed by atoms with Crippen LogP contribution < -0.4 is 4.90 Å². The lowest BCUT2D eigenvalue weighted by molar-refractivity contribution is -0.384. The summed E-state index contributed by atoms with van der Waals surface area (Å²) in [5, 5.41) is 11.0. The van der Waals surface area contributed by atoms with Crippen LogP contribution in [0.2, 0.25) is 0 Å². The lowest BCUT2D eigenvalue weighted by Crippen LogP contribution is -2.48. The average Bonchev–Trinajstić information content (AvgIpc) is 2.68.